The van der Waals surface area contributed by atoms with Gasteiger partial charge in [-0.2, -0.15) is 13.2 Å². The maximum absolute atomic E-state index is 12.1. The lowest BCUT2D eigenvalue weighted by molar-refractivity contribution is -0.126. The second kappa shape index (κ2) is 6.50. The molecule has 0 aliphatic rings. The fourth-order valence-corrected chi connectivity index (χ4v) is 1.62. The zero-order chi connectivity index (χ0) is 10.3. The summed E-state index contributed by atoms with van der Waals surface area (Å²) in [6.07, 6.45) is -3.57. The second-order valence-electron chi connectivity index (χ2n) is 2.48. The van der Waals surface area contributed by atoms with Crippen molar-refractivity contribution in [2.24, 2.45) is 5.73 Å². The molecule has 0 amide bonds. The molecule has 0 aromatic rings. The molecule has 1 unspecified atom stereocenters. The van der Waals surface area contributed by atoms with Crippen LogP contribution in [0.2, 0.25) is 0 Å². The normalized spacial score (nSPS) is 14.5. The van der Waals surface area contributed by atoms with Gasteiger partial charge in [0.1, 0.15) is 5.25 Å². The molecule has 2 nitrogen and oxygen atoms in total. The van der Waals surface area contributed by atoms with Crippen LogP contribution in [0.4, 0.5) is 13.2 Å². The Morgan fingerprint density at radius 3 is 2.46 bits per heavy atom. The molecule has 0 aromatic heterocycles. The summed E-state index contributed by atoms with van der Waals surface area (Å²) in [6, 6.07) is 0. The lowest BCUT2D eigenvalue weighted by atomic mass is 10.4. The number of rotatable bonds is 6. The highest BCUT2D eigenvalue weighted by atomic mass is 32.2. The molecule has 80 valence electrons. The molecule has 0 bridgehead atoms. The smallest absolute Gasteiger partial charge is 0.385 e. The van der Waals surface area contributed by atoms with Gasteiger partial charge in [0.2, 0.25) is 0 Å². The zero-order valence-electron chi connectivity index (χ0n) is 7.43. The van der Waals surface area contributed by atoms with Gasteiger partial charge < -0.3 is 10.5 Å². The SMILES string of the molecule is COCCCSC(CN)C(F)(F)F. The first-order chi connectivity index (χ1) is 6.02. The molecular formula is C7H14F3NOS. The highest BCUT2D eigenvalue weighted by Gasteiger charge is 2.38. The predicted octanol–water partition coefficient (Wildman–Crippen LogP) is 1.65. The summed E-state index contributed by atoms with van der Waals surface area (Å²) in [5.41, 5.74) is 5.00. The van der Waals surface area contributed by atoms with Crippen molar-refractivity contribution >= 4 is 11.8 Å². The minimum atomic E-state index is -4.19. The van der Waals surface area contributed by atoms with Crippen LogP contribution in [0.25, 0.3) is 0 Å². The van der Waals surface area contributed by atoms with Gasteiger partial charge in [0.05, 0.1) is 0 Å². The summed E-state index contributed by atoms with van der Waals surface area (Å²) < 4.78 is 41.0. The Labute approximate surface area is 80.0 Å². The van der Waals surface area contributed by atoms with E-state index >= 15 is 0 Å². The number of nitrogens with two attached hydrogens (primary N) is 1. The van der Waals surface area contributed by atoms with Crippen molar-refractivity contribution in [1.82, 2.24) is 0 Å². The molecule has 0 radical (unpaired) electrons. The summed E-state index contributed by atoms with van der Waals surface area (Å²) in [5, 5.41) is -1.44. The van der Waals surface area contributed by atoms with Crippen LogP contribution >= 0.6 is 11.8 Å². The van der Waals surface area contributed by atoms with Gasteiger partial charge in [0.25, 0.3) is 0 Å². The Morgan fingerprint density at radius 1 is 1.46 bits per heavy atom. The minimum Gasteiger partial charge on any atom is -0.385 e. The van der Waals surface area contributed by atoms with Gasteiger partial charge >= 0.3 is 6.18 Å². The number of methoxy groups -OCH3 is 1. The van der Waals surface area contributed by atoms with E-state index in [2.05, 4.69) is 0 Å². The number of hydrogen-bond acceptors (Lipinski definition) is 3. The first-order valence-corrected chi connectivity index (χ1v) is 4.94. The molecule has 0 aliphatic carbocycles. The van der Waals surface area contributed by atoms with Gasteiger partial charge in [-0.3, -0.25) is 0 Å². The summed E-state index contributed by atoms with van der Waals surface area (Å²) in [6.45, 7) is 0.128. The van der Waals surface area contributed by atoms with Crippen molar-refractivity contribution in [3.63, 3.8) is 0 Å². The summed E-state index contributed by atoms with van der Waals surface area (Å²) in [5.74, 6) is 0.426. The third kappa shape index (κ3) is 6.17. The molecule has 0 aliphatic heterocycles. The fraction of sp³-hybridized carbons (Fsp3) is 1.00. The first-order valence-electron chi connectivity index (χ1n) is 3.89. The summed E-state index contributed by atoms with van der Waals surface area (Å²) >= 11 is 0.838. The van der Waals surface area contributed by atoms with E-state index in [4.69, 9.17) is 10.5 Å². The van der Waals surface area contributed by atoms with E-state index in [1.807, 2.05) is 0 Å². The molecule has 0 aromatic carbocycles. The first kappa shape index (κ1) is 13.1. The van der Waals surface area contributed by atoms with Gasteiger partial charge in [0, 0.05) is 20.3 Å². The molecule has 0 spiro atoms. The van der Waals surface area contributed by atoms with Crippen LogP contribution in [-0.2, 0) is 4.74 Å². The molecule has 0 fully saturated rings. The predicted molar refractivity (Wildman–Crippen MR) is 47.8 cm³/mol. The van der Waals surface area contributed by atoms with Gasteiger partial charge in [-0.1, -0.05) is 0 Å². The Morgan fingerprint density at radius 2 is 2.08 bits per heavy atom. The van der Waals surface area contributed by atoms with Gasteiger partial charge in [-0.25, -0.2) is 0 Å². The van der Waals surface area contributed by atoms with Crippen LogP contribution in [0.5, 0.6) is 0 Å². The largest absolute Gasteiger partial charge is 0.401 e. The van der Waals surface area contributed by atoms with E-state index in [0.717, 1.165) is 11.8 Å². The van der Waals surface area contributed by atoms with Crippen molar-refractivity contribution in [2.45, 2.75) is 17.8 Å². The second-order valence-corrected chi connectivity index (χ2v) is 3.79. The standard InChI is InChI=1S/C7H14F3NOS/c1-12-3-2-4-13-6(5-11)7(8,9)10/h6H,2-5,11H2,1H3. The monoisotopic (exact) mass is 217 g/mol. The van der Waals surface area contributed by atoms with Crippen LogP contribution in [-0.4, -0.2) is 37.4 Å². The van der Waals surface area contributed by atoms with Crippen LogP contribution < -0.4 is 5.73 Å². The van der Waals surface area contributed by atoms with Crippen LogP contribution in [0.3, 0.4) is 0 Å². The van der Waals surface area contributed by atoms with E-state index < -0.39 is 11.4 Å². The third-order valence-electron chi connectivity index (χ3n) is 1.39. The maximum atomic E-state index is 12.1. The maximum Gasteiger partial charge on any atom is 0.401 e. The molecule has 0 heterocycles. The van der Waals surface area contributed by atoms with E-state index in [9.17, 15) is 13.2 Å². The van der Waals surface area contributed by atoms with E-state index in [-0.39, 0.29) is 6.54 Å². The topological polar surface area (TPSA) is 35.2 Å². The van der Waals surface area contributed by atoms with E-state index in [0.29, 0.717) is 18.8 Å². The molecule has 0 saturated heterocycles. The van der Waals surface area contributed by atoms with Crippen LogP contribution in [0, 0.1) is 0 Å². The Hall–Kier alpha value is 0.0600. The zero-order valence-corrected chi connectivity index (χ0v) is 8.25. The highest BCUT2D eigenvalue weighted by Crippen LogP contribution is 2.29. The third-order valence-corrected chi connectivity index (χ3v) is 2.78. The molecule has 0 rings (SSSR count). The van der Waals surface area contributed by atoms with Crippen molar-refractivity contribution in [3.05, 3.63) is 0 Å². The van der Waals surface area contributed by atoms with Gasteiger partial charge in [-0.15, -0.1) is 11.8 Å². The molecule has 2 N–H and O–H groups in total. The fourth-order valence-electron chi connectivity index (χ4n) is 0.725. The minimum absolute atomic E-state index is 0.360. The Balaban J connectivity index is 3.61. The lowest BCUT2D eigenvalue weighted by Crippen LogP contribution is -2.33. The molecule has 1 atom stereocenters. The number of hydrogen-bond donors (Lipinski definition) is 1. The Bertz CT molecular complexity index is 131. The number of thioether (sulfide) groups is 1. The molecule has 6 heteroatoms. The van der Waals surface area contributed by atoms with Crippen LogP contribution in [0.15, 0.2) is 0 Å². The van der Waals surface area contributed by atoms with Gasteiger partial charge in [-0.05, 0) is 12.2 Å². The number of ether oxygens (including phenoxy) is 1. The molecule has 13 heavy (non-hydrogen) atoms. The van der Waals surface area contributed by atoms with Crippen molar-refractivity contribution in [2.75, 3.05) is 26.0 Å². The summed E-state index contributed by atoms with van der Waals surface area (Å²) in [4.78, 5) is 0. The van der Waals surface area contributed by atoms with E-state index in [1.54, 1.807) is 0 Å². The lowest BCUT2D eigenvalue weighted by Gasteiger charge is -2.17. The van der Waals surface area contributed by atoms with Crippen molar-refractivity contribution in [3.8, 4) is 0 Å². The average Bonchev–Trinajstić information content (AvgIpc) is 2.02. The van der Waals surface area contributed by atoms with Crippen LogP contribution in [0.1, 0.15) is 6.42 Å². The highest BCUT2D eigenvalue weighted by molar-refractivity contribution is 8.00. The average molecular weight is 217 g/mol. The Kier molecular flexibility index (Phi) is 6.53. The van der Waals surface area contributed by atoms with Gasteiger partial charge in [0.15, 0.2) is 0 Å². The molecule has 0 saturated carbocycles. The number of halogens is 3. The molecular weight excluding hydrogens is 203 g/mol. The van der Waals surface area contributed by atoms with Crippen molar-refractivity contribution < 1.29 is 17.9 Å². The van der Waals surface area contributed by atoms with Crippen molar-refractivity contribution in [1.29, 1.82) is 0 Å². The summed E-state index contributed by atoms with van der Waals surface area (Å²) in [7, 11) is 1.52. The number of alkyl halides is 3. The van der Waals surface area contributed by atoms with E-state index in [1.165, 1.54) is 7.11 Å². The quantitative estimate of drug-likeness (QED) is 0.687.